The maximum atomic E-state index is 10.6. The zero-order chi connectivity index (χ0) is 13.0. The normalized spacial score (nSPS) is 10.7. The van der Waals surface area contributed by atoms with Crippen molar-refractivity contribution in [2.45, 2.75) is 0 Å². The molecule has 0 spiro atoms. The standard InChI is InChI=1S/C11H9NO5/c1-17-9-4-6(3-8(13)10(9)14)2-7(5-12)11(15)16/h2-4,13-14H,1H3,(H,15,16)/b7-2-. The molecule has 0 unspecified atom stereocenters. The summed E-state index contributed by atoms with van der Waals surface area (Å²) in [6, 6.07) is 3.92. The second-order valence-corrected chi connectivity index (χ2v) is 3.07. The second kappa shape index (κ2) is 4.90. The van der Waals surface area contributed by atoms with Gasteiger partial charge in [-0.3, -0.25) is 0 Å². The Hall–Kier alpha value is -2.68. The molecular formula is C11H9NO5. The molecule has 6 heteroatoms. The monoisotopic (exact) mass is 235 g/mol. The molecule has 0 fully saturated rings. The van der Waals surface area contributed by atoms with E-state index >= 15 is 0 Å². The summed E-state index contributed by atoms with van der Waals surface area (Å²) in [5.74, 6) is -2.30. The molecule has 0 aliphatic heterocycles. The van der Waals surface area contributed by atoms with Crippen LogP contribution in [0.2, 0.25) is 0 Å². The van der Waals surface area contributed by atoms with Gasteiger partial charge in [0, 0.05) is 0 Å². The topological polar surface area (TPSA) is 111 Å². The number of hydrogen-bond acceptors (Lipinski definition) is 5. The first-order valence-corrected chi connectivity index (χ1v) is 4.44. The lowest BCUT2D eigenvalue weighted by Crippen LogP contribution is -1.97. The molecular weight excluding hydrogens is 226 g/mol. The number of phenolic OH excluding ortho intramolecular Hbond substituents is 2. The highest BCUT2D eigenvalue weighted by molar-refractivity contribution is 5.96. The van der Waals surface area contributed by atoms with Crippen LogP contribution in [0, 0.1) is 11.3 Å². The average molecular weight is 235 g/mol. The lowest BCUT2D eigenvalue weighted by molar-refractivity contribution is -0.132. The minimum atomic E-state index is -1.38. The third-order valence-electron chi connectivity index (χ3n) is 1.96. The smallest absolute Gasteiger partial charge is 0.346 e. The van der Waals surface area contributed by atoms with Crippen LogP contribution in [0.5, 0.6) is 17.2 Å². The molecule has 0 aliphatic carbocycles. The zero-order valence-electron chi connectivity index (χ0n) is 8.84. The van der Waals surface area contributed by atoms with Crippen LogP contribution in [0.25, 0.3) is 6.08 Å². The number of nitrogens with zero attached hydrogens (tertiary/aromatic N) is 1. The van der Waals surface area contributed by atoms with Gasteiger partial charge in [-0.15, -0.1) is 0 Å². The fourth-order valence-corrected chi connectivity index (χ4v) is 1.16. The fraction of sp³-hybridized carbons (Fsp3) is 0.0909. The van der Waals surface area contributed by atoms with Gasteiger partial charge in [-0.25, -0.2) is 4.79 Å². The number of aliphatic carboxylic acids is 1. The Kier molecular flexibility index (Phi) is 3.57. The van der Waals surface area contributed by atoms with Gasteiger partial charge in [0.15, 0.2) is 11.5 Å². The molecule has 88 valence electrons. The zero-order valence-corrected chi connectivity index (χ0v) is 8.84. The minimum Gasteiger partial charge on any atom is -0.504 e. The van der Waals surface area contributed by atoms with Crippen LogP contribution < -0.4 is 4.74 Å². The highest BCUT2D eigenvalue weighted by Gasteiger charge is 2.11. The average Bonchev–Trinajstić information content (AvgIpc) is 2.29. The summed E-state index contributed by atoms with van der Waals surface area (Å²) in [7, 11) is 1.28. The van der Waals surface area contributed by atoms with Crippen molar-refractivity contribution in [3.05, 3.63) is 23.3 Å². The van der Waals surface area contributed by atoms with Crippen molar-refractivity contribution in [1.82, 2.24) is 0 Å². The van der Waals surface area contributed by atoms with Crippen molar-refractivity contribution in [2.75, 3.05) is 7.11 Å². The van der Waals surface area contributed by atoms with E-state index in [1.165, 1.54) is 19.2 Å². The van der Waals surface area contributed by atoms with Gasteiger partial charge in [0.05, 0.1) is 7.11 Å². The highest BCUT2D eigenvalue weighted by Crippen LogP contribution is 2.36. The van der Waals surface area contributed by atoms with Crippen molar-refractivity contribution < 1.29 is 24.9 Å². The van der Waals surface area contributed by atoms with Gasteiger partial charge in [-0.05, 0) is 23.8 Å². The molecule has 17 heavy (non-hydrogen) atoms. The Morgan fingerprint density at radius 3 is 2.59 bits per heavy atom. The third kappa shape index (κ3) is 2.66. The van der Waals surface area contributed by atoms with Gasteiger partial charge < -0.3 is 20.1 Å². The number of ether oxygens (including phenoxy) is 1. The van der Waals surface area contributed by atoms with Crippen LogP contribution in [0.15, 0.2) is 17.7 Å². The molecule has 1 rings (SSSR count). The van der Waals surface area contributed by atoms with Gasteiger partial charge in [-0.2, -0.15) is 5.26 Å². The number of methoxy groups -OCH3 is 1. The fourth-order valence-electron chi connectivity index (χ4n) is 1.16. The molecule has 0 aliphatic rings. The number of hydrogen-bond donors (Lipinski definition) is 3. The van der Waals surface area contributed by atoms with Gasteiger partial charge in [0.2, 0.25) is 5.75 Å². The van der Waals surface area contributed by atoms with E-state index in [9.17, 15) is 15.0 Å². The predicted molar refractivity (Wildman–Crippen MR) is 57.5 cm³/mol. The summed E-state index contributed by atoms with van der Waals surface area (Å²) in [6.45, 7) is 0. The summed E-state index contributed by atoms with van der Waals surface area (Å²) in [6.07, 6.45) is 1.06. The van der Waals surface area contributed by atoms with E-state index < -0.39 is 23.0 Å². The van der Waals surface area contributed by atoms with E-state index in [1.807, 2.05) is 0 Å². The van der Waals surface area contributed by atoms with E-state index in [0.717, 1.165) is 12.1 Å². The lowest BCUT2D eigenvalue weighted by Gasteiger charge is -2.06. The van der Waals surface area contributed by atoms with Gasteiger partial charge in [0.25, 0.3) is 0 Å². The SMILES string of the molecule is COc1cc(/C=C(/C#N)C(=O)O)cc(O)c1O. The third-order valence-corrected chi connectivity index (χ3v) is 1.96. The Balaban J connectivity index is 3.30. The molecule has 6 nitrogen and oxygen atoms in total. The van der Waals surface area contributed by atoms with Gasteiger partial charge >= 0.3 is 5.97 Å². The van der Waals surface area contributed by atoms with Crippen molar-refractivity contribution in [3.63, 3.8) is 0 Å². The quantitative estimate of drug-likeness (QED) is 0.411. The van der Waals surface area contributed by atoms with Crippen LogP contribution >= 0.6 is 0 Å². The first-order chi connectivity index (χ1) is 7.99. The van der Waals surface area contributed by atoms with Crippen molar-refractivity contribution in [3.8, 4) is 23.3 Å². The van der Waals surface area contributed by atoms with Crippen LogP contribution in [0.3, 0.4) is 0 Å². The first-order valence-electron chi connectivity index (χ1n) is 4.44. The van der Waals surface area contributed by atoms with Gasteiger partial charge in [-0.1, -0.05) is 0 Å². The Morgan fingerprint density at radius 2 is 2.12 bits per heavy atom. The van der Waals surface area contributed by atoms with E-state index in [1.54, 1.807) is 0 Å². The molecule has 0 radical (unpaired) electrons. The largest absolute Gasteiger partial charge is 0.504 e. The van der Waals surface area contributed by atoms with Crippen molar-refractivity contribution in [2.24, 2.45) is 0 Å². The van der Waals surface area contributed by atoms with Gasteiger partial charge in [0.1, 0.15) is 11.6 Å². The van der Waals surface area contributed by atoms with E-state index in [-0.39, 0.29) is 11.3 Å². The molecule has 0 heterocycles. The summed E-state index contributed by atoms with van der Waals surface area (Å²) >= 11 is 0. The molecule has 0 atom stereocenters. The molecule has 1 aromatic carbocycles. The number of benzene rings is 1. The number of rotatable bonds is 3. The Bertz CT molecular complexity index is 527. The van der Waals surface area contributed by atoms with Crippen LogP contribution in [0.4, 0.5) is 0 Å². The molecule has 1 aromatic rings. The molecule has 0 bridgehead atoms. The number of nitriles is 1. The predicted octanol–water partition coefficient (Wildman–Crippen LogP) is 1.10. The molecule has 0 saturated heterocycles. The Morgan fingerprint density at radius 1 is 1.47 bits per heavy atom. The number of carboxylic acids is 1. The van der Waals surface area contributed by atoms with E-state index in [2.05, 4.69) is 0 Å². The maximum absolute atomic E-state index is 10.6. The maximum Gasteiger partial charge on any atom is 0.346 e. The van der Waals surface area contributed by atoms with E-state index in [4.69, 9.17) is 15.1 Å². The molecule has 0 saturated carbocycles. The summed E-state index contributed by atoms with van der Waals surface area (Å²) in [4.78, 5) is 10.6. The second-order valence-electron chi connectivity index (χ2n) is 3.07. The summed E-state index contributed by atoms with van der Waals surface area (Å²) < 4.78 is 4.77. The molecule has 3 N–H and O–H groups in total. The van der Waals surface area contributed by atoms with Crippen molar-refractivity contribution >= 4 is 12.0 Å². The first kappa shape index (κ1) is 12.4. The number of phenols is 2. The summed E-state index contributed by atoms with van der Waals surface area (Å²) in [5.41, 5.74) is -0.256. The van der Waals surface area contributed by atoms with Crippen LogP contribution in [-0.2, 0) is 4.79 Å². The number of carbonyl (C=O) groups is 1. The lowest BCUT2D eigenvalue weighted by atomic mass is 10.1. The highest BCUT2D eigenvalue weighted by atomic mass is 16.5. The number of carboxylic acid groups (broad SMARTS) is 1. The molecule has 0 aromatic heterocycles. The summed E-state index contributed by atoms with van der Waals surface area (Å²) in [5, 5.41) is 35.9. The van der Waals surface area contributed by atoms with Crippen molar-refractivity contribution in [1.29, 1.82) is 5.26 Å². The minimum absolute atomic E-state index is 0.0149. The van der Waals surface area contributed by atoms with Crippen LogP contribution in [-0.4, -0.2) is 28.4 Å². The Labute approximate surface area is 96.6 Å². The molecule has 0 amide bonds. The number of aromatic hydroxyl groups is 2. The van der Waals surface area contributed by atoms with Crippen LogP contribution in [0.1, 0.15) is 5.56 Å². The van der Waals surface area contributed by atoms with E-state index in [0.29, 0.717) is 0 Å².